The third-order valence-electron chi connectivity index (χ3n) is 4.77. The summed E-state index contributed by atoms with van der Waals surface area (Å²) >= 11 is 0. The van der Waals surface area contributed by atoms with Gasteiger partial charge in [-0.05, 0) is 55.3 Å². The standard InChI is InChI=1S/C21H22N4O/c1-13-8-15-2-3-16(11-19(15)25-20(22)9-13)21(26)24-18-5-4-17-12-23-7-6-14(17)10-18/h2-5,8,10-11,23H,6-7,9,12H2,1H3,(H2,22,25)(H,24,26). The molecule has 0 unspecified atom stereocenters. The molecule has 0 saturated heterocycles. The first kappa shape index (κ1) is 16.5. The summed E-state index contributed by atoms with van der Waals surface area (Å²) < 4.78 is 0. The summed E-state index contributed by atoms with van der Waals surface area (Å²) in [5, 5.41) is 6.35. The molecule has 1 amide bonds. The van der Waals surface area contributed by atoms with Gasteiger partial charge in [-0.25, -0.2) is 4.99 Å². The van der Waals surface area contributed by atoms with Crippen molar-refractivity contribution in [3.63, 3.8) is 0 Å². The maximum absolute atomic E-state index is 12.7. The van der Waals surface area contributed by atoms with Crippen LogP contribution < -0.4 is 16.4 Å². The highest BCUT2D eigenvalue weighted by Gasteiger charge is 2.14. The maximum atomic E-state index is 12.7. The summed E-state index contributed by atoms with van der Waals surface area (Å²) in [6.45, 7) is 3.89. The van der Waals surface area contributed by atoms with E-state index in [0.717, 1.165) is 42.0 Å². The van der Waals surface area contributed by atoms with Gasteiger partial charge in [0, 0.05) is 29.8 Å². The monoisotopic (exact) mass is 346 g/mol. The van der Waals surface area contributed by atoms with Gasteiger partial charge in [0.2, 0.25) is 0 Å². The van der Waals surface area contributed by atoms with E-state index in [-0.39, 0.29) is 5.91 Å². The highest BCUT2D eigenvalue weighted by Crippen LogP contribution is 2.28. The molecule has 0 aromatic heterocycles. The molecule has 5 nitrogen and oxygen atoms in total. The van der Waals surface area contributed by atoms with Crippen LogP contribution in [0.5, 0.6) is 0 Å². The quantitative estimate of drug-likeness (QED) is 0.780. The number of nitrogens with zero attached hydrogens (tertiary/aromatic N) is 1. The molecule has 2 aliphatic rings. The first-order chi connectivity index (χ1) is 12.6. The number of benzene rings is 2. The number of rotatable bonds is 2. The van der Waals surface area contributed by atoms with Gasteiger partial charge in [0.25, 0.3) is 5.91 Å². The second-order valence-corrected chi connectivity index (χ2v) is 6.91. The van der Waals surface area contributed by atoms with E-state index in [4.69, 9.17) is 5.73 Å². The fourth-order valence-electron chi connectivity index (χ4n) is 3.46. The zero-order valence-electron chi connectivity index (χ0n) is 14.8. The number of amides is 1. The van der Waals surface area contributed by atoms with Crippen molar-refractivity contribution in [1.82, 2.24) is 5.32 Å². The van der Waals surface area contributed by atoms with Crippen LogP contribution in [0.2, 0.25) is 0 Å². The van der Waals surface area contributed by atoms with E-state index in [1.54, 1.807) is 6.07 Å². The predicted molar refractivity (Wildman–Crippen MR) is 106 cm³/mol. The van der Waals surface area contributed by atoms with E-state index in [0.29, 0.717) is 17.8 Å². The van der Waals surface area contributed by atoms with Gasteiger partial charge in [-0.1, -0.05) is 23.8 Å². The summed E-state index contributed by atoms with van der Waals surface area (Å²) in [5.74, 6) is 0.429. The van der Waals surface area contributed by atoms with Gasteiger partial charge in [0.05, 0.1) is 5.69 Å². The molecule has 132 valence electrons. The highest BCUT2D eigenvalue weighted by molar-refractivity contribution is 6.05. The number of hydrogen-bond acceptors (Lipinski definition) is 4. The molecule has 26 heavy (non-hydrogen) atoms. The second-order valence-electron chi connectivity index (χ2n) is 6.91. The van der Waals surface area contributed by atoms with Crippen molar-refractivity contribution < 1.29 is 4.79 Å². The summed E-state index contributed by atoms with van der Waals surface area (Å²) in [7, 11) is 0. The van der Waals surface area contributed by atoms with E-state index in [1.165, 1.54) is 11.1 Å². The molecule has 0 spiro atoms. The zero-order chi connectivity index (χ0) is 18.1. The van der Waals surface area contributed by atoms with Crippen LogP contribution in [-0.4, -0.2) is 18.3 Å². The number of nitrogens with two attached hydrogens (primary N) is 1. The number of amidine groups is 1. The number of anilines is 1. The number of carbonyl (C=O) groups excluding carboxylic acids is 1. The molecule has 2 aliphatic heterocycles. The Balaban J connectivity index is 1.59. The number of aliphatic imine (C=N–C) groups is 1. The predicted octanol–water partition coefficient (Wildman–Crippen LogP) is 3.38. The van der Waals surface area contributed by atoms with Crippen LogP contribution in [0.25, 0.3) is 6.08 Å². The molecular weight excluding hydrogens is 324 g/mol. The van der Waals surface area contributed by atoms with Crippen molar-refractivity contribution in [3.8, 4) is 0 Å². The molecule has 2 heterocycles. The Bertz CT molecular complexity index is 943. The Morgan fingerprint density at radius 3 is 2.96 bits per heavy atom. The van der Waals surface area contributed by atoms with Crippen LogP contribution in [0.15, 0.2) is 47.0 Å². The Kier molecular flexibility index (Phi) is 4.31. The van der Waals surface area contributed by atoms with Crippen LogP contribution in [0.4, 0.5) is 11.4 Å². The van der Waals surface area contributed by atoms with Crippen molar-refractivity contribution in [1.29, 1.82) is 0 Å². The van der Waals surface area contributed by atoms with Crippen LogP contribution >= 0.6 is 0 Å². The van der Waals surface area contributed by atoms with Crippen molar-refractivity contribution in [3.05, 3.63) is 64.2 Å². The lowest BCUT2D eigenvalue weighted by Gasteiger charge is -2.18. The molecule has 0 saturated carbocycles. The minimum Gasteiger partial charge on any atom is -0.387 e. The van der Waals surface area contributed by atoms with Gasteiger partial charge in [-0.15, -0.1) is 0 Å². The largest absolute Gasteiger partial charge is 0.387 e. The van der Waals surface area contributed by atoms with Crippen LogP contribution in [0, 0.1) is 0 Å². The average Bonchev–Trinajstić information content (AvgIpc) is 2.77. The SMILES string of the molecule is CC1=Cc2ccc(C(=O)Nc3ccc4c(c3)CCNC4)cc2N=C(N)C1. The molecular formula is C21H22N4O. The number of hydrogen-bond donors (Lipinski definition) is 3. The molecule has 4 N–H and O–H groups in total. The summed E-state index contributed by atoms with van der Waals surface area (Å²) in [4.78, 5) is 17.1. The highest BCUT2D eigenvalue weighted by atomic mass is 16.1. The minimum absolute atomic E-state index is 0.139. The van der Waals surface area contributed by atoms with Crippen LogP contribution in [0.3, 0.4) is 0 Å². The molecule has 0 radical (unpaired) electrons. The Morgan fingerprint density at radius 1 is 1.19 bits per heavy atom. The normalized spacial score (nSPS) is 15.9. The van der Waals surface area contributed by atoms with E-state index in [2.05, 4.69) is 33.8 Å². The Hall–Kier alpha value is -2.92. The maximum Gasteiger partial charge on any atom is 0.255 e. The molecule has 2 aromatic rings. The number of nitrogens with one attached hydrogen (secondary N) is 2. The molecule has 5 heteroatoms. The van der Waals surface area contributed by atoms with Gasteiger partial charge in [-0.3, -0.25) is 4.79 Å². The fourth-order valence-corrected chi connectivity index (χ4v) is 3.46. The van der Waals surface area contributed by atoms with Crippen LogP contribution in [-0.2, 0) is 13.0 Å². The van der Waals surface area contributed by atoms with Crippen molar-refractivity contribution in [2.45, 2.75) is 26.3 Å². The lowest BCUT2D eigenvalue weighted by atomic mass is 10.0. The smallest absolute Gasteiger partial charge is 0.255 e. The van der Waals surface area contributed by atoms with Gasteiger partial charge < -0.3 is 16.4 Å². The van der Waals surface area contributed by atoms with Crippen molar-refractivity contribution in [2.75, 3.05) is 11.9 Å². The van der Waals surface area contributed by atoms with Crippen LogP contribution in [0.1, 0.15) is 40.4 Å². The third-order valence-corrected chi connectivity index (χ3v) is 4.77. The molecule has 0 aliphatic carbocycles. The van der Waals surface area contributed by atoms with E-state index in [1.807, 2.05) is 25.1 Å². The number of carbonyl (C=O) groups is 1. The molecule has 0 bridgehead atoms. The summed E-state index contributed by atoms with van der Waals surface area (Å²) in [6.07, 6.45) is 3.70. The van der Waals surface area contributed by atoms with Crippen molar-refractivity contribution in [2.24, 2.45) is 10.7 Å². The lowest BCUT2D eigenvalue weighted by Crippen LogP contribution is -2.23. The average molecular weight is 346 g/mol. The van der Waals surface area contributed by atoms with E-state index in [9.17, 15) is 4.79 Å². The second kappa shape index (κ2) is 6.77. The van der Waals surface area contributed by atoms with Gasteiger partial charge in [0.15, 0.2) is 0 Å². The Morgan fingerprint density at radius 2 is 2.08 bits per heavy atom. The topological polar surface area (TPSA) is 79.5 Å². The van der Waals surface area contributed by atoms with E-state index >= 15 is 0 Å². The summed E-state index contributed by atoms with van der Waals surface area (Å²) in [5.41, 5.74) is 12.8. The third kappa shape index (κ3) is 3.39. The van der Waals surface area contributed by atoms with Gasteiger partial charge >= 0.3 is 0 Å². The summed E-state index contributed by atoms with van der Waals surface area (Å²) in [6, 6.07) is 11.7. The fraction of sp³-hybridized carbons (Fsp3) is 0.238. The molecule has 2 aromatic carbocycles. The van der Waals surface area contributed by atoms with Gasteiger partial charge in [-0.2, -0.15) is 0 Å². The molecule has 0 atom stereocenters. The first-order valence-corrected chi connectivity index (χ1v) is 8.86. The Labute approximate surface area is 153 Å². The van der Waals surface area contributed by atoms with Crippen molar-refractivity contribution >= 4 is 29.2 Å². The molecule has 0 fully saturated rings. The zero-order valence-corrected chi connectivity index (χ0v) is 14.8. The van der Waals surface area contributed by atoms with Gasteiger partial charge in [0.1, 0.15) is 5.84 Å². The molecule has 4 rings (SSSR count). The van der Waals surface area contributed by atoms with E-state index < -0.39 is 0 Å². The first-order valence-electron chi connectivity index (χ1n) is 8.86. The number of fused-ring (bicyclic) bond motifs is 2. The lowest BCUT2D eigenvalue weighted by molar-refractivity contribution is 0.102. The minimum atomic E-state index is -0.139.